The second kappa shape index (κ2) is 4.79. The van der Waals surface area contributed by atoms with Crippen molar-refractivity contribution >= 4 is 6.09 Å². The van der Waals surface area contributed by atoms with Gasteiger partial charge in [0.05, 0.1) is 13.2 Å². The van der Waals surface area contributed by atoms with Crippen molar-refractivity contribution in [2.75, 3.05) is 19.9 Å². The normalized spacial score (nSPS) is 15.5. The highest BCUT2D eigenvalue weighted by Crippen LogP contribution is 2.05. The Morgan fingerprint density at radius 1 is 1.33 bits per heavy atom. The maximum absolute atomic E-state index is 11.0. The third kappa shape index (κ3) is 2.70. The summed E-state index contributed by atoms with van der Waals surface area (Å²) >= 11 is 0. The predicted molar refractivity (Wildman–Crippen MR) is 54.2 cm³/mol. The molecule has 4 heteroatoms. The Labute approximate surface area is 88.4 Å². The first-order chi connectivity index (χ1) is 7.36. The number of carbonyl (C=O) groups excluding carboxylic acids is 1. The lowest BCUT2D eigenvalue weighted by Crippen LogP contribution is -2.26. The van der Waals surface area contributed by atoms with Gasteiger partial charge in [-0.1, -0.05) is 30.3 Å². The summed E-state index contributed by atoms with van der Waals surface area (Å²) in [6, 6.07) is 9.86. The second-order valence-electron chi connectivity index (χ2n) is 3.34. The van der Waals surface area contributed by atoms with Crippen LogP contribution in [0, 0.1) is 0 Å². The van der Waals surface area contributed by atoms with Crippen LogP contribution in [0.1, 0.15) is 5.56 Å². The Hall–Kier alpha value is -1.55. The second-order valence-corrected chi connectivity index (χ2v) is 3.34. The molecule has 1 aromatic carbocycles. The number of cyclic esters (lactones) is 1. The van der Waals surface area contributed by atoms with Crippen molar-refractivity contribution in [3.63, 3.8) is 0 Å². The zero-order valence-corrected chi connectivity index (χ0v) is 8.39. The minimum absolute atomic E-state index is 0.289. The van der Waals surface area contributed by atoms with Crippen molar-refractivity contribution in [1.29, 1.82) is 0 Å². The minimum atomic E-state index is -0.289. The van der Waals surface area contributed by atoms with E-state index in [0.717, 1.165) is 5.56 Å². The molecule has 1 aromatic rings. The molecule has 1 saturated heterocycles. The SMILES string of the molecule is O=C1OCCN1COCc1ccccc1. The molecule has 0 saturated carbocycles. The maximum Gasteiger partial charge on any atom is 0.411 e. The highest BCUT2D eigenvalue weighted by atomic mass is 16.6. The van der Waals surface area contributed by atoms with Gasteiger partial charge in [-0.15, -0.1) is 0 Å². The van der Waals surface area contributed by atoms with E-state index >= 15 is 0 Å². The van der Waals surface area contributed by atoms with E-state index in [9.17, 15) is 4.79 Å². The van der Waals surface area contributed by atoms with Crippen LogP contribution in [-0.4, -0.2) is 30.9 Å². The lowest BCUT2D eigenvalue weighted by atomic mass is 10.2. The van der Waals surface area contributed by atoms with E-state index in [-0.39, 0.29) is 6.09 Å². The quantitative estimate of drug-likeness (QED) is 0.753. The summed E-state index contributed by atoms with van der Waals surface area (Å²) in [5.41, 5.74) is 1.10. The topological polar surface area (TPSA) is 38.8 Å². The van der Waals surface area contributed by atoms with E-state index in [1.165, 1.54) is 0 Å². The fourth-order valence-electron chi connectivity index (χ4n) is 1.39. The number of amides is 1. The average Bonchev–Trinajstić information content (AvgIpc) is 2.66. The van der Waals surface area contributed by atoms with Gasteiger partial charge < -0.3 is 9.47 Å². The zero-order valence-electron chi connectivity index (χ0n) is 8.39. The van der Waals surface area contributed by atoms with Gasteiger partial charge in [-0.2, -0.15) is 0 Å². The van der Waals surface area contributed by atoms with E-state index < -0.39 is 0 Å². The van der Waals surface area contributed by atoms with Crippen molar-refractivity contribution in [3.8, 4) is 0 Å². The number of benzene rings is 1. The van der Waals surface area contributed by atoms with E-state index in [2.05, 4.69) is 0 Å². The lowest BCUT2D eigenvalue weighted by Gasteiger charge is -2.12. The molecule has 1 fully saturated rings. The van der Waals surface area contributed by atoms with E-state index in [0.29, 0.717) is 26.5 Å². The smallest absolute Gasteiger partial charge is 0.411 e. The highest BCUT2D eigenvalue weighted by molar-refractivity contribution is 5.69. The van der Waals surface area contributed by atoms with Gasteiger partial charge in [0.1, 0.15) is 13.3 Å². The molecule has 2 rings (SSSR count). The molecule has 0 spiro atoms. The molecule has 1 aliphatic rings. The maximum atomic E-state index is 11.0. The number of hydrogen-bond acceptors (Lipinski definition) is 3. The van der Waals surface area contributed by atoms with Crippen LogP contribution in [0.25, 0.3) is 0 Å². The van der Waals surface area contributed by atoms with E-state index in [1.807, 2.05) is 30.3 Å². The monoisotopic (exact) mass is 207 g/mol. The summed E-state index contributed by atoms with van der Waals surface area (Å²) in [4.78, 5) is 12.6. The van der Waals surface area contributed by atoms with Crippen molar-refractivity contribution in [1.82, 2.24) is 4.90 Å². The number of carbonyl (C=O) groups is 1. The molecule has 0 unspecified atom stereocenters. The van der Waals surface area contributed by atoms with Gasteiger partial charge in [0.25, 0.3) is 0 Å². The van der Waals surface area contributed by atoms with E-state index in [4.69, 9.17) is 9.47 Å². The number of hydrogen-bond donors (Lipinski definition) is 0. The largest absolute Gasteiger partial charge is 0.447 e. The molecular weight excluding hydrogens is 194 g/mol. The van der Waals surface area contributed by atoms with Crippen LogP contribution in [-0.2, 0) is 16.1 Å². The molecule has 1 aliphatic heterocycles. The Kier molecular flexibility index (Phi) is 3.19. The summed E-state index contributed by atoms with van der Waals surface area (Å²) in [6.45, 7) is 1.90. The third-order valence-corrected chi connectivity index (χ3v) is 2.20. The Balaban J connectivity index is 1.73. The number of nitrogens with zero attached hydrogens (tertiary/aromatic N) is 1. The number of rotatable bonds is 4. The summed E-state index contributed by atoms with van der Waals surface area (Å²) in [5.74, 6) is 0. The van der Waals surface area contributed by atoms with Gasteiger partial charge in [-0.05, 0) is 5.56 Å². The first kappa shape index (κ1) is 9.98. The van der Waals surface area contributed by atoms with Gasteiger partial charge in [0.2, 0.25) is 0 Å². The third-order valence-electron chi connectivity index (χ3n) is 2.20. The lowest BCUT2D eigenvalue weighted by molar-refractivity contribution is 0.0422. The molecule has 0 radical (unpaired) electrons. The van der Waals surface area contributed by atoms with E-state index in [1.54, 1.807) is 4.90 Å². The molecular formula is C11H13NO3. The van der Waals surface area contributed by atoms with Crippen LogP contribution in [0.4, 0.5) is 4.79 Å². The standard InChI is InChI=1S/C11H13NO3/c13-11-12(6-7-15-11)9-14-8-10-4-2-1-3-5-10/h1-5H,6-9H2. The van der Waals surface area contributed by atoms with Crippen LogP contribution in [0.2, 0.25) is 0 Å². The molecule has 0 atom stereocenters. The van der Waals surface area contributed by atoms with Gasteiger partial charge in [-0.25, -0.2) is 4.79 Å². The van der Waals surface area contributed by atoms with Gasteiger partial charge in [0.15, 0.2) is 0 Å². The molecule has 0 aromatic heterocycles. The fourth-order valence-corrected chi connectivity index (χ4v) is 1.39. The van der Waals surface area contributed by atoms with Crippen molar-refractivity contribution in [3.05, 3.63) is 35.9 Å². The minimum Gasteiger partial charge on any atom is -0.447 e. The molecule has 80 valence electrons. The molecule has 0 aliphatic carbocycles. The molecule has 0 bridgehead atoms. The van der Waals surface area contributed by atoms with Gasteiger partial charge >= 0.3 is 6.09 Å². The molecule has 1 heterocycles. The van der Waals surface area contributed by atoms with Gasteiger partial charge in [-0.3, -0.25) is 4.90 Å². The molecule has 15 heavy (non-hydrogen) atoms. The zero-order chi connectivity index (χ0) is 10.5. The van der Waals surface area contributed by atoms with Crippen LogP contribution in [0.3, 0.4) is 0 Å². The predicted octanol–water partition coefficient (Wildman–Crippen LogP) is 1.61. The fraction of sp³-hybridized carbons (Fsp3) is 0.364. The van der Waals surface area contributed by atoms with Crippen LogP contribution < -0.4 is 0 Å². The summed E-state index contributed by atoms with van der Waals surface area (Å²) in [5, 5.41) is 0. The molecule has 4 nitrogen and oxygen atoms in total. The van der Waals surface area contributed by atoms with Crippen LogP contribution in [0.5, 0.6) is 0 Å². The highest BCUT2D eigenvalue weighted by Gasteiger charge is 2.21. The first-order valence-corrected chi connectivity index (χ1v) is 4.89. The molecule has 1 amide bonds. The van der Waals surface area contributed by atoms with Crippen LogP contribution in [0.15, 0.2) is 30.3 Å². The Morgan fingerprint density at radius 2 is 2.13 bits per heavy atom. The first-order valence-electron chi connectivity index (χ1n) is 4.89. The number of ether oxygens (including phenoxy) is 2. The summed E-state index contributed by atoms with van der Waals surface area (Å²) in [7, 11) is 0. The average molecular weight is 207 g/mol. The van der Waals surface area contributed by atoms with Crippen molar-refractivity contribution < 1.29 is 14.3 Å². The molecule has 0 N–H and O–H groups in total. The van der Waals surface area contributed by atoms with Crippen molar-refractivity contribution in [2.24, 2.45) is 0 Å². The Bertz CT molecular complexity index is 326. The summed E-state index contributed by atoms with van der Waals surface area (Å²) in [6.07, 6.45) is -0.289. The Morgan fingerprint density at radius 3 is 2.80 bits per heavy atom. The van der Waals surface area contributed by atoms with Gasteiger partial charge in [0, 0.05) is 0 Å². The van der Waals surface area contributed by atoms with Crippen molar-refractivity contribution in [2.45, 2.75) is 6.61 Å². The summed E-state index contributed by atoms with van der Waals surface area (Å²) < 4.78 is 10.2. The van der Waals surface area contributed by atoms with Crippen LogP contribution >= 0.6 is 0 Å².